The number of nitrogens with one attached hydrogen (secondary N) is 1. The molecule has 0 bridgehead atoms. The minimum atomic E-state index is 0.298. The van der Waals surface area contributed by atoms with Crippen molar-refractivity contribution >= 4 is 5.69 Å². The second-order valence-corrected chi connectivity index (χ2v) is 5.28. The highest BCUT2D eigenvalue weighted by Crippen LogP contribution is 2.35. The fraction of sp³-hybridized carbons (Fsp3) is 0.333. The van der Waals surface area contributed by atoms with Crippen LogP contribution in [0.25, 0.3) is 0 Å². The molecule has 0 spiro atoms. The van der Waals surface area contributed by atoms with Gasteiger partial charge in [-0.3, -0.25) is 0 Å². The molecular formula is C18H21NO2. The zero-order valence-corrected chi connectivity index (χ0v) is 12.6. The Balaban J connectivity index is 1.81. The summed E-state index contributed by atoms with van der Waals surface area (Å²) in [7, 11) is 0. The van der Waals surface area contributed by atoms with Gasteiger partial charge in [0.25, 0.3) is 0 Å². The number of anilines is 1. The van der Waals surface area contributed by atoms with E-state index in [0.29, 0.717) is 12.6 Å². The molecule has 3 heteroatoms. The van der Waals surface area contributed by atoms with Crippen LogP contribution in [0, 0.1) is 6.92 Å². The minimum absolute atomic E-state index is 0.298. The van der Waals surface area contributed by atoms with Crippen LogP contribution in [0.1, 0.15) is 30.5 Å². The van der Waals surface area contributed by atoms with Gasteiger partial charge >= 0.3 is 0 Å². The van der Waals surface area contributed by atoms with Crippen LogP contribution in [0.15, 0.2) is 42.5 Å². The number of fused-ring (bicyclic) bond motifs is 1. The Bertz CT molecular complexity index is 624. The Morgan fingerprint density at radius 2 is 2.10 bits per heavy atom. The molecule has 3 rings (SSSR count). The first-order chi connectivity index (χ1) is 10.3. The second kappa shape index (κ2) is 6.08. The summed E-state index contributed by atoms with van der Waals surface area (Å²) in [5.74, 6) is 1.91. The first kappa shape index (κ1) is 13.8. The van der Waals surface area contributed by atoms with Crippen molar-refractivity contribution in [1.29, 1.82) is 0 Å². The van der Waals surface area contributed by atoms with Gasteiger partial charge < -0.3 is 14.8 Å². The van der Waals surface area contributed by atoms with Crippen molar-refractivity contribution in [2.75, 3.05) is 18.5 Å². The largest absolute Gasteiger partial charge is 0.494 e. The summed E-state index contributed by atoms with van der Waals surface area (Å²) in [6, 6.07) is 14.7. The lowest BCUT2D eigenvalue weighted by molar-refractivity contribution is 0.274. The van der Waals surface area contributed by atoms with Gasteiger partial charge in [0.2, 0.25) is 0 Å². The molecule has 21 heavy (non-hydrogen) atoms. The number of benzene rings is 2. The summed E-state index contributed by atoms with van der Waals surface area (Å²) in [4.78, 5) is 0. The summed E-state index contributed by atoms with van der Waals surface area (Å²) in [5, 5.41) is 3.64. The average molecular weight is 283 g/mol. The number of para-hydroxylation sites is 1. The van der Waals surface area contributed by atoms with Gasteiger partial charge in [-0.15, -0.1) is 0 Å². The molecule has 0 saturated carbocycles. The van der Waals surface area contributed by atoms with Gasteiger partial charge in [0.1, 0.15) is 11.5 Å². The highest BCUT2D eigenvalue weighted by molar-refractivity contribution is 5.56. The van der Waals surface area contributed by atoms with Crippen LogP contribution in [0.3, 0.4) is 0 Å². The smallest absolute Gasteiger partial charge is 0.124 e. The van der Waals surface area contributed by atoms with Crippen molar-refractivity contribution in [1.82, 2.24) is 0 Å². The number of hydrogen-bond acceptors (Lipinski definition) is 3. The van der Waals surface area contributed by atoms with Crippen LogP contribution in [0.4, 0.5) is 5.69 Å². The molecule has 0 saturated heterocycles. The van der Waals surface area contributed by atoms with Gasteiger partial charge in [-0.1, -0.05) is 18.2 Å². The third-order valence-corrected chi connectivity index (χ3v) is 3.80. The van der Waals surface area contributed by atoms with E-state index in [1.54, 1.807) is 0 Å². The van der Waals surface area contributed by atoms with E-state index >= 15 is 0 Å². The molecule has 1 aliphatic rings. The molecule has 2 aromatic rings. The summed E-state index contributed by atoms with van der Waals surface area (Å²) in [5.41, 5.74) is 3.59. The van der Waals surface area contributed by atoms with Gasteiger partial charge in [0, 0.05) is 17.7 Å². The van der Waals surface area contributed by atoms with Crippen molar-refractivity contribution in [2.45, 2.75) is 26.3 Å². The number of ether oxygens (including phenoxy) is 2. The van der Waals surface area contributed by atoms with Crippen molar-refractivity contribution in [3.63, 3.8) is 0 Å². The molecule has 1 N–H and O–H groups in total. The molecule has 3 nitrogen and oxygen atoms in total. The van der Waals surface area contributed by atoms with Crippen LogP contribution in [0.2, 0.25) is 0 Å². The second-order valence-electron chi connectivity index (χ2n) is 5.28. The zero-order chi connectivity index (χ0) is 14.7. The Labute approximate surface area is 125 Å². The van der Waals surface area contributed by atoms with Crippen LogP contribution in [-0.4, -0.2) is 13.2 Å². The van der Waals surface area contributed by atoms with Crippen molar-refractivity contribution < 1.29 is 9.47 Å². The fourth-order valence-corrected chi connectivity index (χ4v) is 2.73. The topological polar surface area (TPSA) is 30.5 Å². The minimum Gasteiger partial charge on any atom is -0.494 e. The van der Waals surface area contributed by atoms with Gasteiger partial charge in [0.05, 0.1) is 19.3 Å². The van der Waals surface area contributed by atoms with Crippen LogP contribution < -0.4 is 14.8 Å². The third kappa shape index (κ3) is 2.97. The van der Waals surface area contributed by atoms with Crippen molar-refractivity contribution in [3.05, 3.63) is 53.6 Å². The lowest BCUT2D eigenvalue weighted by Crippen LogP contribution is -2.20. The Morgan fingerprint density at radius 3 is 2.90 bits per heavy atom. The van der Waals surface area contributed by atoms with Crippen LogP contribution in [-0.2, 0) is 0 Å². The quantitative estimate of drug-likeness (QED) is 0.906. The summed E-state index contributed by atoms with van der Waals surface area (Å²) < 4.78 is 11.3. The molecule has 1 heterocycles. The van der Waals surface area contributed by atoms with E-state index in [0.717, 1.165) is 30.2 Å². The van der Waals surface area contributed by atoms with E-state index in [2.05, 4.69) is 36.5 Å². The maximum atomic E-state index is 5.71. The Hall–Kier alpha value is -2.16. The first-order valence-electron chi connectivity index (χ1n) is 7.49. The van der Waals surface area contributed by atoms with E-state index < -0.39 is 0 Å². The normalized spacial score (nSPS) is 16.8. The third-order valence-electron chi connectivity index (χ3n) is 3.80. The molecule has 0 aromatic heterocycles. The van der Waals surface area contributed by atoms with Gasteiger partial charge in [-0.25, -0.2) is 0 Å². The predicted molar refractivity (Wildman–Crippen MR) is 85.3 cm³/mol. The SMILES string of the molecule is CCOc1ccc(NC2CCOc3ccccc32)c(C)c1. The van der Waals surface area contributed by atoms with Crippen LogP contribution in [0.5, 0.6) is 11.5 Å². The highest BCUT2D eigenvalue weighted by Gasteiger charge is 2.21. The van der Waals surface area contributed by atoms with E-state index in [1.165, 1.54) is 11.1 Å². The average Bonchev–Trinajstić information content (AvgIpc) is 2.51. The summed E-state index contributed by atoms with van der Waals surface area (Å²) in [6.07, 6.45) is 0.976. The van der Waals surface area contributed by atoms with Crippen LogP contribution >= 0.6 is 0 Å². The molecule has 0 aliphatic carbocycles. The first-order valence-corrected chi connectivity index (χ1v) is 7.49. The lowest BCUT2D eigenvalue weighted by atomic mass is 10.00. The van der Waals surface area contributed by atoms with E-state index in [-0.39, 0.29) is 0 Å². The molecule has 2 aromatic carbocycles. The number of aryl methyl sites for hydroxylation is 1. The van der Waals surface area contributed by atoms with Crippen molar-refractivity contribution in [2.24, 2.45) is 0 Å². The van der Waals surface area contributed by atoms with Crippen molar-refractivity contribution in [3.8, 4) is 11.5 Å². The molecule has 1 atom stereocenters. The lowest BCUT2D eigenvalue weighted by Gasteiger charge is -2.28. The maximum absolute atomic E-state index is 5.71. The molecule has 0 fully saturated rings. The zero-order valence-electron chi connectivity index (χ0n) is 12.6. The van der Waals surface area contributed by atoms with E-state index in [9.17, 15) is 0 Å². The molecule has 1 aliphatic heterocycles. The Morgan fingerprint density at radius 1 is 1.24 bits per heavy atom. The maximum Gasteiger partial charge on any atom is 0.124 e. The number of hydrogen-bond donors (Lipinski definition) is 1. The molecular weight excluding hydrogens is 262 g/mol. The summed E-state index contributed by atoms with van der Waals surface area (Å²) >= 11 is 0. The highest BCUT2D eigenvalue weighted by atomic mass is 16.5. The molecule has 1 unspecified atom stereocenters. The predicted octanol–water partition coefficient (Wildman–Crippen LogP) is 4.33. The molecule has 110 valence electrons. The molecule has 0 amide bonds. The number of rotatable bonds is 4. The molecule has 0 radical (unpaired) electrons. The van der Waals surface area contributed by atoms with Gasteiger partial charge in [-0.2, -0.15) is 0 Å². The van der Waals surface area contributed by atoms with E-state index in [1.807, 2.05) is 25.1 Å². The monoisotopic (exact) mass is 283 g/mol. The summed E-state index contributed by atoms with van der Waals surface area (Å²) in [6.45, 7) is 5.56. The van der Waals surface area contributed by atoms with E-state index in [4.69, 9.17) is 9.47 Å². The van der Waals surface area contributed by atoms with Gasteiger partial charge in [-0.05, 0) is 43.7 Å². The Kier molecular flexibility index (Phi) is 4.00. The van der Waals surface area contributed by atoms with Gasteiger partial charge in [0.15, 0.2) is 0 Å². The standard InChI is InChI=1S/C18H21NO2/c1-3-20-14-8-9-16(13(2)12-14)19-17-10-11-21-18-7-5-4-6-15(17)18/h4-9,12,17,19H,3,10-11H2,1-2H3. The fourth-order valence-electron chi connectivity index (χ4n) is 2.73.